The predicted molar refractivity (Wildman–Crippen MR) is 91.8 cm³/mol. The lowest BCUT2D eigenvalue weighted by atomic mass is 10.2. The molecule has 0 radical (unpaired) electrons. The Labute approximate surface area is 145 Å². The molecule has 0 aliphatic carbocycles. The van der Waals surface area contributed by atoms with Crippen LogP contribution < -0.4 is 9.47 Å². The van der Waals surface area contributed by atoms with E-state index in [0.29, 0.717) is 22.1 Å². The molecule has 0 atom stereocenters. The summed E-state index contributed by atoms with van der Waals surface area (Å²) in [6.07, 6.45) is 1.27. The lowest BCUT2D eigenvalue weighted by molar-refractivity contribution is 0.394. The van der Waals surface area contributed by atoms with Crippen molar-refractivity contribution in [2.45, 2.75) is 4.90 Å². The molecule has 124 valence electrons. The summed E-state index contributed by atoms with van der Waals surface area (Å²) in [6.45, 7) is 0. The Morgan fingerprint density at radius 2 is 1.62 bits per heavy atom. The molecule has 2 aromatic rings. The molecule has 0 saturated carbocycles. The van der Waals surface area contributed by atoms with Crippen LogP contribution in [-0.4, -0.2) is 22.6 Å². The van der Waals surface area contributed by atoms with E-state index < -0.39 is 9.84 Å². The van der Waals surface area contributed by atoms with E-state index in [1.54, 1.807) is 24.3 Å². The maximum atomic E-state index is 12.6. The third-order valence-corrected chi connectivity index (χ3v) is 5.13. The zero-order valence-corrected chi connectivity index (χ0v) is 14.6. The summed E-state index contributed by atoms with van der Waals surface area (Å²) in [7, 11) is -0.977. The van der Waals surface area contributed by atoms with E-state index in [1.807, 2.05) is 0 Å². The van der Waals surface area contributed by atoms with Gasteiger partial charge in [-0.2, -0.15) is 5.26 Å². The Morgan fingerprint density at radius 3 is 2.08 bits per heavy atom. The van der Waals surface area contributed by atoms with Crippen LogP contribution in [-0.2, 0) is 9.84 Å². The van der Waals surface area contributed by atoms with Crippen LogP contribution in [0.4, 0.5) is 0 Å². The average molecular weight is 364 g/mol. The summed E-state index contributed by atoms with van der Waals surface area (Å²) in [5.74, 6) is 0.976. The van der Waals surface area contributed by atoms with Crippen LogP contribution in [0.1, 0.15) is 5.56 Å². The zero-order chi connectivity index (χ0) is 17.7. The Morgan fingerprint density at radius 1 is 1.08 bits per heavy atom. The highest BCUT2D eigenvalue weighted by atomic mass is 35.5. The minimum atomic E-state index is -3.95. The van der Waals surface area contributed by atoms with Gasteiger partial charge in [0.1, 0.15) is 22.5 Å². The summed E-state index contributed by atoms with van der Waals surface area (Å²) < 4.78 is 35.5. The van der Waals surface area contributed by atoms with Gasteiger partial charge in [0.15, 0.2) is 0 Å². The molecule has 0 aromatic heterocycles. The first-order valence-electron chi connectivity index (χ1n) is 6.76. The fourth-order valence-electron chi connectivity index (χ4n) is 1.97. The fraction of sp³-hybridized carbons (Fsp3) is 0.118. The lowest BCUT2D eigenvalue weighted by Gasteiger charge is -2.07. The van der Waals surface area contributed by atoms with Crippen LogP contribution >= 0.6 is 11.6 Å². The van der Waals surface area contributed by atoms with Crippen molar-refractivity contribution in [2.75, 3.05) is 14.2 Å². The normalized spacial score (nSPS) is 11.7. The van der Waals surface area contributed by atoms with E-state index in [9.17, 15) is 13.7 Å². The minimum absolute atomic E-state index is 0.00504. The molecule has 7 heteroatoms. The second-order valence-corrected chi connectivity index (χ2v) is 7.08. The molecule has 0 saturated heterocycles. The van der Waals surface area contributed by atoms with Crippen molar-refractivity contribution in [1.82, 2.24) is 0 Å². The summed E-state index contributed by atoms with van der Waals surface area (Å²) in [6, 6.07) is 12.2. The Hall–Kier alpha value is -2.49. The van der Waals surface area contributed by atoms with E-state index in [0.717, 1.165) is 0 Å². The number of halogens is 1. The number of allylic oxidation sites excluding steroid dienone is 1. The summed E-state index contributed by atoms with van der Waals surface area (Å²) in [5.41, 5.74) is 0.472. The van der Waals surface area contributed by atoms with Gasteiger partial charge >= 0.3 is 0 Å². The minimum Gasteiger partial charge on any atom is -0.497 e. The van der Waals surface area contributed by atoms with E-state index in [-0.39, 0.29) is 9.80 Å². The number of methoxy groups -OCH3 is 2. The first-order valence-corrected chi connectivity index (χ1v) is 8.62. The highest BCUT2D eigenvalue weighted by molar-refractivity contribution is 7.95. The van der Waals surface area contributed by atoms with Crippen LogP contribution in [0.3, 0.4) is 0 Å². The molecule has 0 aliphatic rings. The fourth-order valence-corrected chi connectivity index (χ4v) is 3.26. The Bertz CT molecular complexity index is 890. The molecule has 0 amide bonds. The highest BCUT2D eigenvalue weighted by Gasteiger charge is 2.21. The van der Waals surface area contributed by atoms with E-state index in [2.05, 4.69) is 0 Å². The number of hydrogen-bond acceptors (Lipinski definition) is 5. The van der Waals surface area contributed by atoms with Crippen molar-refractivity contribution in [3.8, 4) is 17.6 Å². The number of ether oxygens (including phenoxy) is 2. The van der Waals surface area contributed by atoms with Crippen molar-refractivity contribution in [1.29, 1.82) is 5.26 Å². The Kier molecular flexibility index (Phi) is 5.50. The van der Waals surface area contributed by atoms with Crippen molar-refractivity contribution in [3.05, 3.63) is 58.0 Å². The SMILES string of the molecule is COc1cc(C=C(C#N)S(=O)(=O)c2ccc(Cl)cc2)cc(OC)c1. The molecule has 5 nitrogen and oxygen atoms in total. The Balaban J connectivity index is 2.53. The lowest BCUT2D eigenvalue weighted by Crippen LogP contribution is -2.03. The van der Waals surface area contributed by atoms with Crippen LogP contribution in [0.5, 0.6) is 11.5 Å². The largest absolute Gasteiger partial charge is 0.497 e. The van der Waals surface area contributed by atoms with E-state index in [1.165, 1.54) is 44.6 Å². The summed E-state index contributed by atoms with van der Waals surface area (Å²) >= 11 is 5.77. The van der Waals surface area contributed by atoms with Gasteiger partial charge in [-0.05, 0) is 48.0 Å². The van der Waals surface area contributed by atoms with Crippen molar-refractivity contribution in [2.24, 2.45) is 0 Å². The molecule has 0 spiro atoms. The topological polar surface area (TPSA) is 76.4 Å². The molecule has 0 heterocycles. The van der Waals surface area contributed by atoms with Crippen LogP contribution in [0.15, 0.2) is 52.3 Å². The molecule has 0 N–H and O–H groups in total. The number of nitrogens with zero attached hydrogens (tertiary/aromatic N) is 1. The third-order valence-electron chi connectivity index (χ3n) is 3.20. The van der Waals surface area contributed by atoms with Crippen molar-refractivity contribution < 1.29 is 17.9 Å². The summed E-state index contributed by atoms with van der Waals surface area (Å²) in [4.78, 5) is -0.394. The molecule has 0 unspecified atom stereocenters. The second-order valence-electron chi connectivity index (χ2n) is 4.72. The smallest absolute Gasteiger partial charge is 0.216 e. The zero-order valence-electron chi connectivity index (χ0n) is 13.0. The first-order chi connectivity index (χ1) is 11.4. The number of hydrogen-bond donors (Lipinski definition) is 0. The van der Waals surface area contributed by atoms with E-state index >= 15 is 0 Å². The number of nitriles is 1. The predicted octanol–water partition coefficient (Wildman–Crippen LogP) is 3.70. The number of sulfone groups is 1. The summed E-state index contributed by atoms with van der Waals surface area (Å²) in [5, 5.41) is 9.72. The number of benzene rings is 2. The maximum Gasteiger partial charge on any atom is 0.216 e. The van der Waals surface area contributed by atoms with Crippen molar-refractivity contribution >= 4 is 27.5 Å². The van der Waals surface area contributed by atoms with Gasteiger partial charge in [0.05, 0.1) is 19.1 Å². The molecule has 0 aliphatic heterocycles. The van der Waals surface area contributed by atoms with Gasteiger partial charge in [-0.15, -0.1) is 0 Å². The second kappa shape index (κ2) is 7.39. The third kappa shape index (κ3) is 3.88. The van der Waals surface area contributed by atoms with Crippen LogP contribution in [0.25, 0.3) is 6.08 Å². The van der Waals surface area contributed by atoms with Gasteiger partial charge in [-0.1, -0.05) is 11.6 Å². The quantitative estimate of drug-likeness (QED) is 0.757. The van der Waals surface area contributed by atoms with Gasteiger partial charge < -0.3 is 9.47 Å². The van der Waals surface area contributed by atoms with Gasteiger partial charge in [0, 0.05) is 11.1 Å². The monoisotopic (exact) mass is 363 g/mol. The molecule has 0 bridgehead atoms. The molecule has 0 fully saturated rings. The van der Waals surface area contributed by atoms with Gasteiger partial charge in [-0.25, -0.2) is 8.42 Å². The molecular formula is C17H14ClNO4S. The van der Waals surface area contributed by atoms with Gasteiger partial charge in [-0.3, -0.25) is 0 Å². The maximum absolute atomic E-state index is 12.6. The van der Waals surface area contributed by atoms with Crippen molar-refractivity contribution in [3.63, 3.8) is 0 Å². The molecule has 2 aromatic carbocycles. The molecule has 24 heavy (non-hydrogen) atoms. The standard InChI is InChI=1S/C17H14ClNO4S/c1-22-14-7-12(8-15(10-14)23-2)9-17(11-19)24(20,21)16-5-3-13(18)4-6-16/h3-10H,1-2H3. The van der Waals surface area contributed by atoms with Gasteiger partial charge in [0.2, 0.25) is 9.84 Å². The van der Waals surface area contributed by atoms with E-state index in [4.69, 9.17) is 21.1 Å². The average Bonchev–Trinajstić information content (AvgIpc) is 2.59. The number of rotatable bonds is 5. The molecular weight excluding hydrogens is 350 g/mol. The van der Waals surface area contributed by atoms with Crippen LogP contribution in [0, 0.1) is 11.3 Å². The molecule has 2 rings (SSSR count). The highest BCUT2D eigenvalue weighted by Crippen LogP contribution is 2.27. The van der Waals surface area contributed by atoms with Gasteiger partial charge in [0.25, 0.3) is 0 Å². The first kappa shape index (κ1) is 17.9. The van der Waals surface area contributed by atoms with Crippen LogP contribution in [0.2, 0.25) is 5.02 Å².